The molecule has 0 aliphatic carbocycles. The number of carbonyl (C=O) groups is 1. The molecule has 0 aromatic carbocycles. The first-order chi connectivity index (χ1) is 9.65. The van der Waals surface area contributed by atoms with Crippen LogP contribution < -0.4 is 10.1 Å². The van der Waals surface area contributed by atoms with Crippen LogP contribution in [0.1, 0.15) is 25.3 Å². The Balaban J connectivity index is 2.11. The number of hydrogen-bond acceptors (Lipinski definition) is 3. The van der Waals surface area contributed by atoms with E-state index in [0.29, 0.717) is 13.0 Å². The summed E-state index contributed by atoms with van der Waals surface area (Å²) in [6, 6.07) is 1.99. The number of ether oxygens (including phenoxy) is 1. The maximum atomic E-state index is 11.5. The van der Waals surface area contributed by atoms with Gasteiger partial charge in [0.1, 0.15) is 11.4 Å². The van der Waals surface area contributed by atoms with Crippen molar-refractivity contribution >= 4 is 16.9 Å². The summed E-state index contributed by atoms with van der Waals surface area (Å²) >= 11 is 0. The van der Waals surface area contributed by atoms with Crippen LogP contribution in [0, 0.1) is 0 Å². The Morgan fingerprint density at radius 2 is 2.30 bits per heavy atom. The topological polar surface area (TPSA) is 56.2 Å². The van der Waals surface area contributed by atoms with Crippen molar-refractivity contribution < 1.29 is 9.53 Å². The highest BCUT2D eigenvalue weighted by Crippen LogP contribution is 2.23. The van der Waals surface area contributed by atoms with Crippen molar-refractivity contribution in [3.8, 4) is 5.75 Å². The van der Waals surface area contributed by atoms with Crippen LogP contribution in [0.3, 0.4) is 0 Å². The van der Waals surface area contributed by atoms with Gasteiger partial charge in [0.15, 0.2) is 0 Å². The largest absolute Gasteiger partial charge is 0.495 e. The number of aromatic nitrogens is 2. The number of methoxy groups -OCH3 is 1. The van der Waals surface area contributed by atoms with Gasteiger partial charge >= 0.3 is 0 Å². The summed E-state index contributed by atoms with van der Waals surface area (Å²) in [5.41, 5.74) is 2.10. The molecule has 0 fully saturated rings. The van der Waals surface area contributed by atoms with Gasteiger partial charge in [-0.2, -0.15) is 0 Å². The van der Waals surface area contributed by atoms with E-state index in [-0.39, 0.29) is 5.91 Å². The normalized spacial score (nSPS) is 10.8. The number of amides is 1. The second-order valence-corrected chi connectivity index (χ2v) is 4.86. The molecule has 2 rings (SSSR count). The highest BCUT2D eigenvalue weighted by atomic mass is 16.5. The van der Waals surface area contributed by atoms with Gasteiger partial charge in [-0.1, -0.05) is 6.92 Å². The minimum absolute atomic E-state index is 0.114. The SMILES string of the molecule is CCCC(=O)NCCc1cn(C)c2ncc(OC)cc12. The van der Waals surface area contributed by atoms with Gasteiger partial charge < -0.3 is 14.6 Å². The molecule has 2 heterocycles. The standard InChI is InChI=1S/C15H21N3O2/c1-4-5-14(19)16-7-6-11-10-18(2)15-13(11)8-12(20-3)9-17-15/h8-10H,4-7H2,1-3H3,(H,16,19). The quantitative estimate of drug-likeness (QED) is 0.877. The molecule has 0 saturated carbocycles. The molecule has 1 amide bonds. The van der Waals surface area contributed by atoms with Crippen LogP contribution in [0.5, 0.6) is 5.75 Å². The second kappa shape index (κ2) is 6.41. The van der Waals surface area contributed by atoms with Gasteiger partial charge in [0.05, 0.1) is 13.3 Å². The Morgan fingerprint density at radius 1 is 1.50 bits per heavy atom. The zero-order valence-electron chi connectivity index (χ0n) is 12.3. The number of nitrogens with zero attached hydrogens (tertiary/aromatic N) is 2. The molecule has 20 heavy (non-hydrogen) atoms. The van der Waals surface area contributed by atoms with Crippen LogP contribution in [-0.4, -0.2) is 29.1 Å². The van der Waals surface area contributed by atoms with Crippen molar-refractivity contribution in [2.24, 2.45) is 7.05 Å². The molecule has 2 aromatic rings. The van der Waals surface area contributed by atoms with Gasteiger partial charge in [-0.3, -0.25) is 4.79 Å². The molecular formula is C15H21N3O2. The fourth-order valence-corrected chi connectivity index (χ4v) is 2.28. The third kappa shape index (κ3) is 3.10. The molecule has 0 atom stereocenters. The predicted molar refractivity (Wildman–Crippen MR) is 78.9 cm³/mol. The van der Waals surface area contributed by atoms with E-state index in [1.807, 2.05) is 24.6 Å². The molecule has 0 unspecified atom stereocenters. The lowest BCUT2D eigenvalue weighted by Gasteiger charge is -2.04. The van der Waals surface area contributed by atoms with E-state index in [2.05, 4.69) is 16.5 Å². The molecule has 5 heteroatoms. The lowest BCUT2D eigenvalue weighted by Crippen LogP contribution is -2.25. The van der Waals surface area contributed by atoms with E-state index in [1.54, 1.807) is 13.3 Å². The number of hydrogen-bond donors (Lipinski definition) is 1. The number of aryl methyl sites for hydroxylation is 1. The Bertz CT molecular complexity index is 604. The van der Waals surface area contributed by atoms with Gasteiger partial charge in [-0.05, 0) is 24.5 Å². The first-order valence-electron chi connectivity index (χ1n) is 6.90. The fraction of sp³-hybridized carbons (Fsp3) is 0.467. The first-order valence-corrected chi connectivity index (χ1v) is 6.90. The molecule has 0 aliphatic rings. The molecule has 0 bridgehead atoms. The van der Waals surface area contributed by atoms with Crippen molar-refractivity contribution in [3.63, 3.8) is 0 Å². The molecular weight excluding hydrogens is 254 g/mol. The van der Waals surface area contributed by atoms with Gasteiger partial charge in [0.2, 0.25) is 5.91 Å². The summed E-state index contributed by atoms with van der Waals surface area (Å²) in [5, 5.41) is 4.01. The van der Waals surface area contributed by atoms with Crippen LogP contribution in [0.15, 0.2) is 18.5 Å². The fourth-order valence-electron chi connectivity index (χ4n) is 2.28. The van der Waals surface area contributed by atoms with Gasteiger partial charge in [0, 0.05) is 31.6 Å². The van der Waals surface area contributed by atoms with E-state index >= 15 is 0 Å². The average Bonchev–Trinajstić information content (AvgIpc) is 2.75. The lowest BCUT2D eigenvalue weighted by molar-refractivity contribution is -0.121. The highest BCUT2D eigenvalue weighted by molar-refractivity contribution is 5.82. The van der Waals surface area contributed by atoms with Crippen LogP contribution in [0.25, 0.3) is 11.0 Å². The number of pyridine rings is 1. The Kier molecular flexibility index (Phi) is 4.61. The van der Waals surface area contributed by atoms with Crippen molar-refractivity contribution in [2.45, 2.75) is 26.2 Å². The minimum atomic E-state index is 0.114. The average molecular weight is 275 g/mol. The van der Waals surface area contributed by atoms with Crippen molar-refractivity contribution in [1.82, 2.24) is 14.9 Å². The Hall–Kier alpha value is -2.04. The molecule has 2 aromatic heterocycles. The molecule has 0 saturated heterocycles. The summed E-state index contributed by atoms with van der Waals surface area (Å²) in [6.07, 6.45) is 6.03. The third-order valence-electron chi connectivity index (χ3n) is 3.30. The van der Waals surface area contributed by atoms with Crippen LogP contribution in [-0.2, 0) is 18.3 Å². The highest BCUT2D eigenvalue weighted by Gasteiger charge is 2.09. The number of nitrogens with one attached hydrogen (secondary N) is 1. The summed E-state index contributed by atoms with van der Waals surface area (Å²) in [5.74, 6) is 0.864. The van der Waals surface area contributed by atoms with Crippen molar-refractivity contribution in [1.29, 1.82) is 0 Å². The summed E-state index contributed by atoms with van der Waals surface area (Å²) < 4.78 is 7.22. The van der Waals surface area contributed by atoms with Crippen molar-refractivity contribution in [3.05, 3.63) is 24.0 Å². The van der Waals surface area contributed by atoms with E-state index in [4.69, 9.17) is 4.74 Å². The Labute approximate surface area is 118 Å². The van der Waals surface area contributed by atoms with Crippen molar-refractivity contribution in [2.75, 3.05) is 13.7 Å². The van der Waals surface area contributed by atoms with E-state index in [9.17, 15) is 4.79 Å². The third-order valence-corrected chi connectivity index (χ3v) is 3.30. The van der Waals surface area contributed by atoms with Crippen LogP contribution >= 0.6 is 0 Å². The monoisotopic (exact) mass is 275 g/mol. The van der Waals surface area contributed by atoms with E-state index in [1.165, 1.54) is 5.56 Å². The molecule has 0 aliphatic heterocycles. The molecule has 108 valence electrons. The Morgan fingerprint density at radius 3 is 3.00 bits per heavy atom. The van der Waals surface area contributed by atoms with E-state index < -0.39 is 0 Å². The maximum absolute atomic E-state index is 11.5. The smallest absolute Gasteiger partial charge is 0.219 e. The van der Waals surface area contributed by atoms with E-state index in [0.717, 1.165) is 29.6 Å². The summed E-state index contributed by atoms with van der Waals surface area (Å²) in [4.78, 5) is 15.8. The van der Waals surface area contributed by atoms with Gasteiger partial charge in [0.25, 0.3) is 0 Å². The second-order valence-electron chi connectivity index (χ2n) is 4.86. The number of fused-ring (bicyclic) bond motifs is 1. The van der Waals surface area contributed by atoms with Crippen LogP contribution in [0.2, 0.25) is 0 Å². The number of rotatable bonds is 6. The summed E-state index contributed by atoms with van der Waals surface area (Å²) in [7, 11) is 3.61. The minimum Gasteiger partial charge on any atom is -0.495 e. The van der Waals surface area contributed by atoms with Gasteiger partial charge in [-0.25, -0.2) is 4.98 Å². The van der Waals surface area contributed by atoms with Crippen LogP contribution in [0.4, 0.5) is 0 Å². The summed E-state index contributed by atoms with van der Waals surface area (Å²) in [6.45, 7) is 2.65. The lowest BCUT2D eigenvalue weighted by atomic mass is 10.1. The molecule has 0 radical (unpaired) electrons. The molecule has 5 nitrogen and oxygen atoms in total. The number of carbonyl (C=O) groups excluding carboxylic acids is 1. The molecule has 0 spiro atoms. The predicted octanol–water partition coefficient (Wildman–Crippen LogP) is 2.04. The first kappa shape index (κ1) is 14.4. The van der Waals surface area contributed by atoms with Gasteiger partial charge in [-0.15, -0.1) is 0 Å². The maximum Gasteiger partial charge on any atom is 0.219 e. The zero-order valence-corrected chi connectivity index (χ0v) is 12.3. The zero-order chi connectivity index (χ0) is 14.5. The molecule has 1 N–H and O–H groups in total.